The minimum absolute atomic E-state index is 0. The lowest BCUT2D eigenvalue weighted by molar-refractivity contribution is -0.117. The molecule has 1 amide bonds. The van der Waals surface area contributed by atoms with Crippen LogP contribution in [0, 0.1) is 0 Å². The van der Waals surface area contributed by atoms with Crippen molar-refractivity contribution in [3.8, 4) is 0 Å². The first-order valence-electron chi connectivity index (χ1n) is 3.81. The summed E-state index contributed by atoms with van der Waals surface area (Å²) in [6.45, 7) is 1.65. The van der Waals surface area contributed by atoms with Crippen molar-refractivity contribution in [2.45, 2.75) is 13.0 Å². The number of nitrogens with two attached hydrogens (primary N) is 1. The van der Waals surface area contributed by atoms with Gasteiger partial charge in [-0.05, 0) is 19.1 Å². The Bertz CT molecular complexity index is 262. The zero-order valence-corrected chi connectivity index (χ0v) is 8.17. The second kappa shape index (κ2) is 5.56. The number of nitrogens with one attached hydrogen (secondary N) is 1. The van der Waals surface area contributed by atoms with E-state index in [1.54, 1.807) is 6.92 Å². The Balaban J connectivity index is 0.00000144. The highest BCUT2D eigenvalue weighted by molar-refractivity contribution is 5.94. The molecule has 0 heterocycles. The highest BCUT2D eigenvalue weighted by Crippen LogP contribution is 2.04. The van der Waals surface area contributed by atoms with Crippen LogP contribution >= 0.6 is 12.4 Å². The first-order valence-corrected chi connectivity index (χ1v) is 3.81. The second-order valence-electron chi connectivity index (χ2n) is 2.64. The van der Waals surface area contributed by atoms with Gasteiger partial charge in [-0.15, -0.1) is 12.4 Å². The number of carbonyl (C=O) groups excluding carboxylic acids is 1. The molecule has 1 aromatic rings. The van der Waals surface area contributed by atoms with E-state index in [9.17, 15) is 4.79 Å². The van der Waals surface area contributed by atoms with Gasteiger partial charge in [-0.25, -0.2) is 0 Å². The van der Waals surface area contributed by atoms with Gasteiger partial charge in [0.1, 0.15) is 0 Å². The van der Waals surface area contributed by atoms with Crippen molar-refractivity contribution in [3.05, 3.63) is 30.3 Å². The van der Waals surface area contributed by atoms with Gasteiger partial charge in [-0.1, -0.05) is 18.2 Å². The molecule has 0 aliphatic heterocycles. The molecule has 13 heavy (non-hydrogen) atoms. The molecule has 1 unspecified atom stereocenters. The number of anilines is 1. The summed E-state index contributed by atoms with van der Waals surface area (Å²) < 4.78 is 0. The molecule has 0 saturated carbocycles. The van der Waals surface area contributed by atoms with Gasteiger partial charge in [0.2, 0.25) is 5.91 Å². The molecule has 0 radical (unpaired) electrons. The average Bonchev–Trinajstić information content (AvgIpc) is 2.06. The van der Waals surface area contributed by atoms with E-state index in [1.165, 1.54) is 0 Å². The molecule has 0 fully saturated rings. The van der Waals surface area contributed by atoms with Crippen molar-refractivity contribution < 1.29 is 4.79 Å². The van der Waals surface area contributed by atoms with Crippen molar-refractivity contribution in [1.82, 2.24) is 0 Å². The van der Waals surface area contributed by atoms with E-state index >= 15 is 0 Å². The van der Waals surface area contributed by atoms with E-state index in [1.807, 2.05) is 30.3 Å². The Kier molecular flexibility index (Phi) is 5.11. The van der Waals surface area contributed by atoms with Crippen molar-refractivity contribution >= 4 is 24.0 Å². The number of hydrogen-bond acceptors (Lipinski definition) is 2. The summed E-state index contributed by atoms with van der Waals surface area (Å²) >= 11 is 0. The van der Waals surface area contributed by atoms with E-state index in [-0.39, 0.29) is 18.3 Å². The lowest BCUT2D eigenvalue weighted by atomic mass is 10.3. The zero-order valence-electron chi connectivity index (χ0n) is 7.36. The normalized spacial score (nSPS) is 11.2. The van der Waals surface area contributed by atoms with Crippen LogP contribution in [0.1, 0.15) is 6.92 Å². The SMILES string of the molecule is CC(N)C(=O)Nc1ccccc1.Cl. The number of halogens is 1. The number of amides is 1. The highest BCUT2D eigenvalue weighted by atomic mass is 35.5. The van der Waals surface area contributed by atoms with Gasteiger partial charge in [0.25, 0.3) is 0 Å². The van der Waals surface area contributed by atoms with Crippen molar-refractivity contribution in [1.29, 1.82) is 0 Å². The Morgan fingerprint density at radius 2 is 1.92 bits per heavy atom. The molecule has 1 rings (SSSR count). The van der Waals surface area contributed by atoms with Crippen LogP contribution in [0.25, 0.3) is 0 Å². The van der Waals surface area contributed by atoms with E-state index < -0.39 is 6.04 Å². The summed E-state index contributed by atoms with van der Waals surface area (Å²) in [5.41, 5.74) is 6.15. The molecular formula is C9H13ClN2O. The van der Waals surface area contributed by atoms with Crippen LogP contribution in [0.15, 0.2) is 30.3 Å². The maximum Gasteiger partial charge on any atom is 0.240 e. The third-order valence-corrected chi connectivity index (χ3v) is 1.45. The fourth-order valence-electron chi connectivity index (χ4n) is 0.778. The fourth-order valence-corrected chi connectivity index (χ4v) is 0.778. The molecule has 1 atom stereocenters. The predicted octanol–water partition coefficient (Wildman–Crippen LogP) is 1.39. The largest absolute Gasteiger partial charge is 0.325 e. The molecule has 3 nitrogen and oxygen atoms in total. The van der Waals surface area contributed by atoms with E-state index in [2.05, 4.69) is 5.32 Å². The number of carbonyl (C=O) groups is 1. The van der Waals surface area contributed by atoms with Gasteiger partial charge >= 0.3 is 0 Å². The van der Waals surface area contributed by atoms with Crippen LogP contribution in [0.5, 0.6) is 0 Å². The summed E-state index contributed by atoms with van der Waals surface area (Å²) in [4.78, 5) is 11.1. The lowest BCUT2D eigenvalue weighted by Gasteiger charge is -2.06. The Morgan fingerprint density at radius 1 is 1.38 bits per heavy atom. The molecule has 0 spiro atoms. The maximum absolute atomic E-state index is 11.1. The first-order chi connectivity index (χ1) is 5.70. The molecule has 72 valence electrons. The van der Waals surface area contributed by atoms with Crippen LogP contribution < -0.4 is 11.1 Å². The Labute approximate surface area is 83.7 Å². The smallest absolute Gasteiger partial charge is 0.240 e. The zero-order chi connectivity index (χ0) is 8.97. The molecule has 4 heteroatoms. The van der Waals surface area contributed by atoms with Gasteiger partial charge in [-0.2, -0.15) is 0 Å². The maximum atomic E-state index is 11.1. The van der Waals surface area contributed by atoms with Gasteiger partial charge in [0, 0.05) is 5.69 Å². The Morgan fingerprint density at radius 3 is 2.38 bits per heavy atom. The predicted molar refractivity (Wildman–Crippen MR) is 56.0 cm³/mol. The van der Waals surface area contributed by atoms with Gasteiger partial charge in [0.05, 0.1) is 6.04 Å². The van der Waals surface area contributed by atoms with Gasteiger partial charge < -0.3 is 11.1 Å². The van der Waals surface area contributed by atoms with Crippen molar-refractivity contribution in [2.75, 3.05) is 5.32 Å². The van der Waals surface area contributed by atoms with E-state index in [4.69, 9.17) is 5.73 Å². The molecule has 0 aliphatic rings. The summed E-state index contributed by atoms with van der Waals surface area (Å²) in [6.07, 6.45) is 0. The van der Waals surface area contributed by atoms with Crippen LogP contribution in [0.3, 0.4) is 0 Å². The second-order valence-corrected chi connectivity index (χ2v) is 2.64. The van der Waals surface area contributed by atoms with E-state index in [0.29, 0.717) is 0 Å². The van der Waals surface area contributed by atoms with Gasteiger partial charge in [-0.3, -0.25) is 4.79 Å². The molecule has 3 N–H and O–H groups in total. The molecule has 0 aromatic heterocycles. The minimum Gasteiger partial charge on any atom is -0.325 e. The average molecular weight is 201 g/mol. The fraction of sp³-hybridized carbons (Fsp3) is 0.222. The van der Waals surface area contributed by atoms with Crippen molar-refractivity contribution in [2.24, 2.45) is 5.73 Å². The number of benzene rings is 1. The summed E-state index contributed by atoms with van der Waals surface area (Å²) in [5.74, 6) is -0.166. The molecule has 0 bridgehead atoms. The molecule has 0 saturated heterocycles. The summed E-state index contributed by atoms with van der Waals surface area (Å²) in [5, 5.41) is 2.68. The summed E-state index contributed by atoms with van der Waals surface area (Å²) in [6, 6.07) is 8.78. The number of rotatable bonds is 2. The van der Waals surface area contributed by atoms with Crippen LogP contribution in [0.4, 0.5) is 5.69 Å². The monoisotopic (exact) mass is 200 g/mol. The lowest BCUT2D eigenvalue weighted by Crippen LogP contribution is -2.32. The number of para-hydroxylation sites is 1. The van der Waals surface area contributed by atoms with Crippen LogP contribution in [-0.2, 0) is 4.79 Å². The third-order valence-electron chi connectivity index (χ3n) is 1.45. The molecule has 1 aromatic carbocycles. The molecular weight excluding hydrogens is 188 g/mol. The minimum atomic E-state index is -0.467. The topological polar surface area (TPSA) is 55.1 Å². The highest BCUT2D eigenvalue weighted by Gasteiger charge is 2.05. The van der Waals surface area contributed by atoms with Crippen LogP contribution in [-0.4, -0.2) is 11.9 Å². The quantitative estimate of drug-likeness (QED) is 0.758. The third kappa shape index (κ3) is 3.92. The number of hydrogen-bond donors (Lipinski definition) is 2. The van der Waals surface area contributed by atoms with E-state index in [0.717, 1.165) is 5.69 Å². The summed E-state index contributed by atoms with van der Waals surface area (Å²) in [7, 11) is 0. The van der Waals surface area contributed by atoms with Gasteiger partial charge in [0.15, 0.2) is 0 Å². The first kappa shape index (κ1) is 11.9. The van der Waals surface area contributed by atoms with Crippen molar-refractivity contribution in [3.63, 3.8) is 0 Å². The van der Waals surface area contributed by atoms with Crippen LogP contribution in [0.2, 0.25) is 0 Å². The standard InChI is InChI=1S/C9H12N2O.ClH/c1-7(10)9(12)11-8-5-3-2-4-6-8;/h2-7H,10H2,1H3,(H,11,12);1H. The molecule has 0 aliphatic carbocycles. The Hall–Kier alpha value is -1.06.